The minimum absolute atomic E-state index is 0.0613. The molecule has 2 aromatic heterocycles. The van der Waals surface area contributed by atoms with Crippen molar-refractivity contribution in [2.75, 3.05) is 13.2 Å². The SMILES string of the molecule is CCCc1c2c([nH]c(=O)c1COCC)C(=O)c1[nH]c(=O)c(COCC)c(CCC)c1C2=O. The molecule has 0 radical (unpaired) electrons. The van der Waals surface area contributed by atoms with Gasteiger partial charge in [0.1, 0.15) is 11.4 Å². The average molecular weight is 443 g/mol. The molecule has 0 fully saturated rings. The molecule has 0 saturated heterocycles. The number of carbonyl (C=O) groups excluding carboxylic acids is 2. The van der Waals surface area contributed by atoms with Crippen LogP contribution in [-0.2, 0) is 35.5 Å². The van der Waals surface area contributed by atoms with E-state index in [1.165, 1.54) is 0 Å². The van der Waals surface area contributed by atoms with Crippen LogP contribution in [0.25, 0.3) is 0 Å². The van der Waals surface area contributed by atoms with Crippen LogP contribution in [0.3, 0.4) is 0 Å². The van der Waals surface area contributed by atoms with Crippen molar-refractivity contribution in [3.05, 3.63) is 65.5 Å². The zero-order valence-electron chi connectivity index (χ0n) is 19.1. The zero-order chi connectivity index (χ0) is 23.4. The molecule has 8 heteroatoms. The second-order valence-electron chi connectivity index (χ2n) is 7.75. The van der Waals surface area contributed by atoms with Gasteiger partial charge in [-0.15, -0.1) is 0 Å². The molecule has 0 unspecified atom stereocenters. The number of fused-ring (bicyclic) bond motifs is 2. The van der Waals surface area contributed by atoms with E-state index in [-0.39, 0.29) is 41.5 Å². The van der Waals surface area contributed by atoms with Crippen LogP contribution in [-0.4, -0.2) is 34.7 Å². The van der Waals surface area contributed by atoms with Crippen LogP contribution in [0.5, 0.6) is 0 Å². The number of pyridine rings is 2. The molecule has 2 aromatic rings. The maximum absolute atomic E-state index is 13.8. The van der Waals surface area contributed by atoms with Crippen molar-refractivity contribution in [2.24, 2.45) is 0 Å². The molecular weight excluding hydrogens is 412 g/mol. The molecule has 8 nitrogen and oxygen atoms in total. The second kappa shape index (κ2) is 10.2. The molecule has 32 heavy (non-hydrogen) atoms. The lowest BCUT2D eigenvalue weighted by Crippen LogP contribution is -2.35. The third kappa shape index (κ3) is 4.12. The van der Waals surface area contributed by atoms with Gasteiger partial charge >= 0.3 is 0 Å². The average Bonchev–Trinajstić information content (AvgIpc) is 2.76. The number of aromatic nitrogens is 2. The summed E-state index contributed by atoms with van der Waals surface area (Å²) in [6.45, 7) is 8.50. The van der Waals surface area contributed by atoms with E-state index in [2.05, 4.69) is 9.97 Å². The van der Waals surface area contributed by atoms with E-state index in [4.69, 9.17) is 9.47 Å². The largest absolute Gasteiger partial charge is 0.377 e. The first-order valence-electron chi connectivity index (χ1n) is 11.2. The van der Waals surface area contributed by atoms with E-state index in [1.807, 2.05) is 27.7 Å². The van der Waals surface area contributed by atoms with Crippen molar-refractivity contribution in [1.29, 1.82) is 0 Å². The van der Waals surface area contributed by atoms with Gasteiger partial charge < -0.3 is 19.4 Å². The Morgan fingerprint density at radius 3 is 1.34 bits per heavy atom. The summed E-state index contributed by atoms with van der Waals surface area (Å²) in [5.74, 6) is -0.908. The quantitative estimate of drug-likeness (QED) is 0.498. The lowest BCUT2D eigenvalue weighted by atomic mass is 9.81. The molecule has 3 rings (SSSR count). The van der Waals surface area contributed by atoms with Gasteiger partial charge in [0.05, 0.1) is 24.3 Å². The van der Waals surface area contributed by atoms with E-state index in [0.717, 1.165) is 0 Å². The molecule has 0 atom stereocenters. The fraction of sp³-hybridized carbons (Fsp3) is 0.500. The molecule has 1 aliphatic rings. The van der Waals surface area contributed by atoms with E-state index >= 15 is 0 Å². The van der Waals surface area contributed by atoms with Crippen molar-refractivity contribution in [2.45, 2.75) is 66.6 Å². The Kier molecular flexibility index (Phi) is 7.58. The van der Waals surface area contributed by atoms with E-state index in [9.17, 15) is 19.2 Å². The predicted molar refractivity (Wildman–Crippen MR) is 120 cm³/mol. The third-order valence-corrected chi connectivity index (χ3v) is 5.67. The van der Waals surface area contributed by atoms with Crippen molar-refractivity contribution < 1.29 is 19.1 Å². The first kappa shape index (κ1) is 23.8. The van der Waals surface area contributed by atoms with Crippen LogP contribution in [0.1, 0.15) is 94.9 Å². The smallest absolute Gasteiger partial charge is 0.254 e. The Morgan fingerprint density at radius 2 is 1.00 bits per heavy atom. The fourth-order valence-corrected chi connectivity index (χ4v) is 4.24. The number of nitrogens with one attached hydrogen (secondary N) is 2. The maximum atomic E-state index is 13.8. The van der Waals surface area contributed by atoms with Crippen LogP contribution in [0.2, 0.25) is 0 Å². The van der Waals surface area contributed by atoms with Crippen molar-refractivity contribution in [3.63, 3.8) is 0 Å². The highest BCUT2D eigenvalue weighted by Crippen LogP contribution is 2.32. The van der Waals surface area contributed by atoms with E-state index in [0.29, 0.717) is 61.2 Å². The number of aromatic amines is 2. The monoisotopic (exact) mass is 442 g/mol. The number of ketones is 2. The third-order valence-electron chi connectivity index (χ3n) is 5.67. The Bertz CT molecular complexity index is 1070. The van der Waals surface area contributed by atoms with Gasteiger partial charge in [-0.3, -0.25) is 19.2 Å². The van der Waals surface area contributed by atoms with Gasteiger partial charge in [0.15, 0.2) is 5.78 Å². The van der Waals surface area contributed by atoms with Crippen molar-refractivity contribution in [1.82, 2.24) is 9.97 Å². The van der Waals surface area contributed by atoms with Crippen LogP contribution in [0.15, 0.2) is 9.59 Å². The number of ether oxygens (including phenoxy) is 2. The van der Waals surface area contributed by atoms with Gasteiger partial charge in [-0.05, 0) is 37.8 Å². The summed E-state index contributed by atoms with van der Waals surface area (Å²) in [5.41, 5.74) is 1.23. The summed E-state index contributed by atoms with van der Waals surface area (Å²) in [6.07, 6.45) is 2.29. The summed E-state index contributed by atoms with van der Waals surface area (Å²) in [4.78, 5) is 57.9. The molecule has 2 N–H and O–H groups in total. The van der Waals surface area contributed by atoms with Crippen LogP contribution >= 0.6 is 0 Å². The maximum Gasteiger partial charge on any atom is 0.254 e. The molecule has 0 spiro atoms. The first-order chi connectivity index (χ1) is 15.4. The van der Waals surface area contributed by atoms with Gasteiger partial charge in [-0.1, -0.05) is 26.7 Å². The normalized spacial score (nSPS) is 12.8. The van der Waals surface area contributed by atoms with E-state index in [1.54, 1.807) is 0 Å². The molecule has 172 valence electrons. The number of rotatable bonds is 10. The van der Waals surface area contributed by atoms with Crippen LogP contribution in [0.4, 0.5) is 0 Å². The summed E-state index contributed by atoms with van der Waals surface area (Å²) < 4.78 is 10.9. The standard InChI is InChI=1S/C24H30N2O6/c1-5-9-13-15(11-31-7-3)23(29)25-19-17(13)21(27)18-14(10-6-2)16(12-32-8-4)24(30)26-20(18)22(19)28/h5-12H2,1-4H3,(H,25,29)(H,26,30). The van der Waals surface area contributed by atoms with Crippen molar-refractivity contribution >= 4 is 11.6 Å². The Balaban J connectivity index is 2.33. The molecule has 0 amide bonds. The van der Waals surface area contributed by atoms with Crippen LogP contribution in [0, 0.1) is 0 Å². The van der Waals surface area contributed by atoms with E-state index < -0.39 is 16.9 Å². The van der Waals surface area contributed by atoms with Gasteiger partial charge in [-0.25, -0.2) is 0 Å². The highest BCUT2D eigenvalue weighted by atomic mass is 16.5. The topological polar surface area (TPSA) is 118 Å². The second-order valence-corrected chi connectivity index (χ2v) is 7.75. The zero-order valence-corrected chi connectivity index (χ0v) is 19.1. The molecule has 0 aromatic carbocycles. The predicted octanol–water partition coefficient (Wildman–Crippen LogP) is 2.82. The van der Waals surface area contributed by atoms with Gasteiger partial charge in [0.25, 0.3) is 11.1 Å². The Hall–Kier alpha value is -2.84. The first-order valence-corrected chi connectivity index (χ1v) is 11.2. The summed E-state index contributed by atoms with van der Waals surface area (Å²) in [7, 11) is 0. The molecule has 0 saturated carbocycles. The van der Waals surface area contributed by atoms with Crippen molar-refractivity contribution in [3.8, 4) is 0 Å². The highest BCUT2D eigenvalue weighted by Gasteiger charge is 2.37. The molecular formula is C24H30N2O6. The summed E-state index contributed by atoms with van der Waals surface area (Å²) in [5, 5.41) is 0. The summed E-state index contributed by atoms with van der Waals surface area (Å²) in [6, 6.07) is 0. The number of hydrogen-bond donors (Lipinski definition) is 2. The van der Waals surface area contributed by atoms with Gasteiger partial charge in [0.2, 0.25) is 5.78 Å². The highest BCUT2D eigenvalue weighted by molar-refractivity contribution is 6.28. The molecule has 1 aliphatic carbocycles. The molecule has 0 bridgehead atoms. The van der Waals surface area contributed by atoms with Crippen LogP contribution < -0.4 is 11.1 Å². The lowest BCUT2D eigenvalue weighted by molar-refractivity contribution is 0.0966. The number of hydrogen-bond acceptors (Lipinski definition) is 6. The fourth-order valence-electron chi connectivity index (χ4n) is 4.24. The summed E-state index contributed by atoms with van der Waals surface area (Å²) >= 11 is 0. The van der Waals surface area contributed by atoms with Gasteiger partial charge in [-0.2, -0.15) is 0 Å². The Labute approximate surface area is 186 Å². The molecule has 2 heterocycles. The minimum atomic E-state index is -0.551. The van der Waals surface area contributed by atoms with Gasteiger partial charge in [0, 0.05) is 24.3 Å². The Morgan fingerprint density at radius 1 is 0.594 bits per heavy atom. The lowest BCUT2D eigenvalue weighted by Gasteiger charge is -2.24. The minimum Gasteiger partial charge on any atom is -0.377 e. The number of carbonyl (C=O) groups is 2. The molecule has 0 aliphatic heterocycles. The number of H-pyrrole nitrogens is 2.